The summed E-state index contributed by atoms with van der Waals surface area (Å²) in [5, 5.41) is 0. The zero-order chi connectivity index (χ0) is 72.6. The molecule has 3 heterocycles. The van der Waals surface area contributed by atoms with Crippen LogP contribution in [0.1, 0.15) is 92.5 Å². The highest BCUT2D eigenvalue weighted by molar-refractivity contribution is 5.91. The minimum Gasteiger partial charge on any atom is -0.459 e. The lowest BCUT2D eigenvalue weighted by atomic mass is 9.92. The van der Waals surface area contributed by atoms with E-state index in [4.69, 9.17) is 66.3 Å². The normalized spacial score (nSPS) is 23.7. The number of likely N-dealkylation sites (tertiary alicyclic amines) is 1. The molecule has 0 spiro atoms. The number of Topliss-reactive ketones (excluding diaryl/α,β-unsaturated/α-hetero) is 1. The highest BCUT2D eigenvalue weighted by Crippen LogP contribution is 2.39. The van der Waals surface area contributed by atoms with Gasteiger partial charge in [0.2, 0.25) is 0 Å². The number of nitrogens with zero attached hydrogens (tertiary/aromatic N) is 1. The van der Waals surface area contributed by atoms with E-state index < -0.39 is 148 Å². The molecule has 0 saturated carbocycles. The Morgan fingerprint density at radius 3 is 1.30 bits per heavy atom. The fraction of sp³-hybridized carbons (Fsp3) is 0.329. The van der Waals surface area contributed by atoms with Crippen LogP contribution in [0.2, 0.25) is 0 Å². The van der Waals surface area contributed by atoms with E-state index >= 15 is 9.59 Å². The second-order valence-electron chi connectivity index (χ2n) is 25.2. The first-order chi connectivity index (χ1) is 50.7. The first-order valence-electron chi connectivity index (χ1n) is 34.5. The molecule has 542 valence electrons. The van der Waals surface area contributed by atoms with Gasteiger partial charge >= 0.3 is 35.9 Å². The Hall–Kier alpha value is -10.3. The quantitative estimate of drug-likeness (QED) is 0.0289. The molecule has 3 aliphatic rings. The van der Waals surface area contributed by atoms with Crippen LogP contribution in [-0.2, 0) is 114 Å². The maximum absolute atomic E-state index is 15.4. The Labute approximate surface area is 603 Å². The summed E-state index contributed by atoms with van der Waals surface area (Å²) in [6.45, 7) is 2.60. The molecule has 0 N–H and O–H groups in total. The first kappa shape index (κ1) is 74.9. The Morgan fingerprint density at radius 2 is 0.808 bits per heavy atom. The molecular formula is C82H83NO21. The number of amides is 1. The molecule has 14 atom stereocenters. The van der Waals surface area contributed by atoms with Gasteiger partial charge in [0.1, 0.15) is 61.7 Å². The van der Waals surface area contributed by atoms with Crippen molar-refractivity contribution in [3.05, 3.63) is 287 Å². The standard InChI is InChI=1S/C82H83NO21/c1-54(84)44-45-68(86)100-74-72(101-78(88)63-40-24-10-25-41-63)67(53-95-77(87)62-38-22-9-23-39-62)99-81(76(74)102-79(89)64-42-26-11-27-43-64)103-70-65(52-91-47-57-28-12-4-13-29-57)83(82(90)96-51-61-36-20-8-21-37-61)46-66(98-56(3)85)71(70)104-80-75(94-50-60-34-18-7-19-35-60)73(93-49-59-32-16-6-17-33-59)69(55(2)97-80)92-48-58-30-14-5-15-31-58/h4-43,55,65-67,69-76,80-81H,44-53H2,1-3H3/t55-,65-,66+,67-,69+,70-,71-,72+,73+,74+,75-,76-,80-,81+/m1/s1. The number of ketones is 1. The van der Waals surface area contributed by atoms with Gasteiger partial charge in [-0.1, -0.05) is 206 Å². The van der Waals surface area contributed by atoms with Crippen molar-refractivity contribution in [2.45, 2.75) is 152 Å². The summed E-state index contributed by atoms with van der Waals surface area (Å²) in [4.78, 5) is 102. The lowest BCUT2D eigenvalue weighted by Gasteiger charge is -2.52. The fourth-order valence-corrected chi connectivity index (χ4v) is 12.4. The molecule has 0 aliphatic carbocycles. The van der Waals surface area contributed by atoms with Crippen molar-refractivity contribution in [2.24, 2.45) is 0 Å². The maximum Gasteiger partial charge on any atom is 0.410 e. The SMILES string of the molecule is CC(=O)CCC(=O)O[C@H]1[C@@H](OC(=O)c2ccccc2)[C@@H](COC(=O)c2ccccc2)O[C@@H](O[C@H]2[C@H](O[C@H]3O[C@H](C)[C@H](OCc4ccccc4)[C@H](OCc4ccccc4)[C@H]3OCc3ccccc3)[C@@H](OC(C)=O)CN(C(=O)OCc3ccccc3)[C@@H]2COCc2ccccc2)[C@@H]1OC(=O)c1ccccc1. The first-order valence-corrected chi connectivity index (χ1v) is 34.5. The van der Waals surface area contributed by atoms with Crippen LogP contribution in [0.5, 0.6) is 0 Å². The number of esters is 5. The van der Waals surface area contributed by atoms with Crippen LogP contribution in [0, 0.1) is 0 Å². The zero-order valence-electron chi connectivity index (χ0n) is 57.8. The van der Waals surface area contributed by atoms with Gasteiger partial charge in [-0.05, 0) is 78.1 Å². The highest BCUT2D eigenvalue weighted by Gasteiger charge is 2.59. The smallest absolute Gasteiger partial charge is 0.410 e. The molecule has 104 heavy (non-hydrogen) atoms. The number of carbonyl (C=O) groups excluding carboxylic acids is 7. The second-order valence-corrected chi connectivity index (χ2v) is 25.2. The molecular weight excluding hydrogens is 1330 g/mol. The monoisotopic (exact) mass is 1420 g/mol. The lowest BCUT2D eigenvalue weighted by Crippen LogP contribution is -2.70. The van der Waals surface area contributed by atoms with Crippen LogP contribution in [0.4, 0.5) is 4.79 Å². The van der Waals surface area contributed by atoms with Crippen molar-refractivity contribution in [1.29, 1.82) is 0 Å². The summed E-state index contributed by atoms with van der Waals surface area (Å²) in [5.74, 6) is -5.03. The van der Waals surface area contributed by atoms with Crippen molar-refractivity contribution in [2.75, 3.05) is 19.8 Å². The van der Waals surface area contributed by atoms with Gasteiger partial charge in [0.15, 0.2) is 30.9 Å². The number of ether oxygens (including phenoxy) is 14. The molecule has 0 unspecified atom stereocenters. The van der Waals surface area contributed by atoms with E-state index in [0.29, 0.717) is 5.56 Å². The number of rotatable bonds is 31. The number of hydrogen-bond donors (Lipinski definition) is 0. The van der Waals surface area contributed by atoms with Crippen molar-refractivity contribution in [3.63, 3.8) is 0 Å². The molecule has 11 rings (SSSR count). The van der Waals surface area contributed by atoms with E-state index in [1.54, 1.807) is 85.8 Å². The Balaban J connectivity index is 1.08. The van der Waals surface area contributed by atoms with Crippen molar-refractivity contribution >= 4 is 41.7 Å². The summed E-state index contributed by atoms with van der Waals surface area (Å²) in [7, 11) is 0. The molecule has 3 fully saturated rings. The average Bonchev–Trinajstić information content (AvgIpc) is 0.753. The predicted octanol–water partition coefficient (Wildman–Crippen LogP) is 11.7. The van der Waals surface area contributed by atoms with Gasteiger partial charge < -0.3 is 71.1 Å². The van der Waals surface area contributed by atoms with E-state index in [1.165, 1.54) is 55.1 Å². The number of piperidine rings is 1. The van der Waals surface area contributed by atoms with Crippen LogP contribution in [0.3, 0.4) is 0 Å². The predicted molar refractivity (Wildman–Crippen MR) is 374 cm³/mol. The van der Waals surface area contributed by atoms with Gasteiger partial charge in [-0.2, -0.15) is 0 Å². The second kappa shape index (κ2) is 37.8. The van der Waals surface area contributed by atoms with Gasteiger partial charge in [0.05, 0.1) is 74.8 Å². The third kappa shape index (κ3) is 21.0. The summed E-state index contributed by atoms with van der Waals surface area (Å²) in [5.41, 5.74) is 3.98. The Morgan fingerprint density at radius 1 is 0.385 bits per heavy atom. The summed E-state index contributed by atoms with van der Waals surface area (Å²) in [6.07, 6.45) is -21.6. The maximum atomic E-state index is 15.4. The highest BCUT2D eigenvalue weighted by atomic mass is 16.8. The van der Waals surface area contributed by atoms with Crippen LogP contribution in [-0.4, -0.2) is 152 Å². The van der Waals surface area contributed by atoms with E-state index in [1.807, 2.05) is 127 Å². The third-order valence-corrected chi connectivity index (χ3v) is 17.6. The van der Waals surface area contributed by atoms with Gasteiger partial charge in [-0.3, -0.25) is 14.5 Å². The number of hydrogen-bond acceptors (Lipinski definition) is 21. The van der Waals surface area contributed by atoms with Crippen molar-refractivity contribution in [1.82, 2.24) is 4.90 Å². The van der Waals surface area contributed by atoms with Crippen LogP contribution >= 0.6 is 0 Å². The Kier molecular flexibility index (Phi) is 27.2. The minimum atomic E-state index is -2.07. The lowest BCUT2D eigenvalue weighted by molar-refractivity contribution is -0.362. The average molecular weight is 1420 g/mol. The third-order valence-electron chi connectivity index (χ3n) is 17.6. The Bertz CT molecular complexity index is 4020. The van der Waals surface area contributed by atoms with E-state index in [-0.39, 0.29) is 61.9 Å². The fourth-order valence-electron chi connectivity index (χ4n) is 12.4. The van der Waals surface area contributed by atoms with Crippen molar-refractivity contribution in [3.8, 4) is 0 Å². The van der Waals surface area contributed by atoms with Gasteiger partial charge in [0.25, 0.3) is 0 Å². The molecule has 22 nitrogen and oxygen atoms in total. The molecule has 0 bridgehead atoms. The molecule has 8 aromatic carbocycles. The summed E-state index contributed by atoms with van der Waals surface area (Å²) < 4.78 is 94.3. The minimum absolute atomic E-state index is 0.00169. The van der Waals surface area contributed by atoms with Crippen LogP contribution in [0.25, 0.3) is 0 Å². The van der Waals surface area contributed by atoms with Gasteiger partial charge in [-0.15, -0.1) is 0 Å². The van der Waals surface area contributed by atoms with Gasteiger partial charge in [0, 0.05) is 13.3 Å². The largest absolute Gasteiger partial charge is 0.459 e. The number of carbonyl (C=O) groups is 7. The zero-order valence-corrected chi connectivity index (χ0v) is 57.8. The number of benzene rings is 8. The molecule has 0 aromatic heterocycles. The summed E-state index contributed by atoms with van der Waals surface area (Å²) >= 11 is 0. The molecule has 22 heteroatoms. The molecule has 3 aliphatic heterocycles. The van der Waals surface area contributed by atoms with E-state index in [0.717, 1.165) is 22.3 Å². The summed E-state index contributed by atoms with van der Waals surface area (Å²) in [6, 6.07) is 68.9. The molecule has 1 amide bonds. The van der Waals surface area contributed by atoms with Crippen LogP contribution < -0.4 is 0 Å². The molecule has 3 saturated heterocycles. The molecule has 0 radical (unpaired) electrons. The van der Waals surface area contributed by atoms with Gasteiger partial charge in [-0.25, -0.2) is 19.2 Å². The molecule has 8 aromatic rings. The van der Waals surface area contributed by atoms with E-state index in [9.17, 15) is 24.0 Å². The van der Waals surface area contributed by atoms with Crippen LogP contribution in [0.15, 0.2) is 243 Å². The van der Waals surface area contributed by atoms with E-state index in [2.05, 4.69) is 0 Å². The topological polar surface area (TPSA) is 252 Å². The van der Waals surface area contributed by atoms with Crippen molar-refractivity contribution < 1.29 is 99.9 Å².